The lowest BCUT2D eigenvalue weighted by Crippen LogP contribution is -2.29. The van der Waals surface area contributed by atoms with Gasteiger partial charge in [0.25, 0.3) is 5.56 Å². The molecule has 2 aromatic heterocycles. The average molecular weight is 442 g/mol. The normalized spacial score (nSPS) is 15.4. The number of aromatic nitrogens is 4. The van der Waals surface area contributed by atoms with Gasteiger partial charge in [-0.15, -0.1) is 0 Å². The Bertz CT molecular complexity index is 1120. The first-order valence-corrected chi connectivity index (χ1v) is 11.5. The molecule has 0 aliphatic heterocycles. The second-order valence-corrected chi connectivity index (χ2v) is 8.77. The minimum atomic E-state index is -0.205. The number of benzene rings is 1. The second-order valence-electron chi connectivity index (χ2n) is 7.83. The number of carbonyl (C=O) groups excluding carboxylic acids is 1. The number of amides is 1. The first-order chi connectivity index (χ1) is 15.1. The molecule has 1 aromatic carbocycles. The fourth-order valence-corrected chi connectivity index (χ4v) is 4.99. The van der Waals surface area contributed by atoms with E-state index < -0.39 is 0 Å². The predicted molar refractivity (Wildman–Crippen MR) is 122 cm³/mol. The number of fused-ring (bicyclic) bond motifs is 1. The maximum absolute atomic E-state index is 13.1. The molecule has 1 aliphatic rings. The van der Waals surface area contributed by atoms with Crippen molar-refractivity contribution in [3.05, 3.63) is 46.9 Å². The van der Waals surface area contributed by atoms with Crippen LogP contribution in [0.2, 0.25) is 0 Å². The number of hydrogen-bond acceptors (Lipinski definition) is 6. The van der Waals surface area contributed by atoms with Crippen molar-refractivity contribution in [3.8, 4) is 0 Å². The number of carbonyl (C=O) groups is 1. The molecule has 164 valence electrons. The van der Waals surface area contributed by atoms with E-state index in [1.807, 2.05) is 35.9 Å². The molecule has 1 amide bonds. The highest BCUT2D eigenvalue weighted by Crippen LogP contribution is 2.31. The van der Waals surface area contributed by atoms with E-state index in [0.717, 1.165) is 12.8 Å². The Balaban J connectivity index is 1.53. The molecule has 1 saturated carbocycles. The summed E-state index contributed by atoms with van der Waals surface area (Å²) < 4.78 is 8.79. The quantitative estimate of drug-likeness (QED) is 0.424. The number of nitrogens with one attached hydrogen (secondary N) is 1. The number of hydrogen-bond donors (Lipinski definition) is 1. The number of para-hydroxylation sites is 1. The molecule has 1 atom stereocenters. The molecule has 9 heteroatoms. The number of ether oxygens (including phenoxy) is 1. The first-order valence-electron chi connectivity index (χ1n) is 10.5. The Morgan fingerprint density at radius 1 is 1.29 bits per heavy atom. The van der Waals surface area contributed by atoms with E-state index in [1.165, 1.54) is 24.6 Å². The summed E-state index contributed by atoms with van der Waals surface area (Å²) in [4.78, 5) is 30.5. The van der Waals surface area contributed by atoms with Crippen molar-refractivity contribution in [2.24, 2.45) is 0 Å². The van der Waals surface area contributed by atoms with E-state index >= 15 is 0 Å². The first kappa shape index (κ1) is 21.6. The number of rotatable bonds is 8. The van der Waals surface area contributed by atoms with Crippen molar-refractivity contribution in [1.29, 1.82) is 0 Å². The zero-order valence-corrected chi connectivity index (χ0v) is 18.6. The predicted octanol–water partition coefficient (Wildman–Crippen LogP) is 3.65. The van der Waals surface area contributed by atoms with Crippen LogP contribution in [0.1, 0.15) is 44.7 Å². The van der Waals surface area contributed by atoms with E-state index in [9.17, 15) is 9.59 Å². The van der Waals surface area contributed by atoms with Crippen LogP contribution < -0.4 is 10.9 Å². The average Bonchev–Trinajstić information content (AvgIpc) is 3.44. The van der Waals surface area contributed by atoms with Crippen molar-refractivity contribution in [2.45, 2.75) is 49.8 Å². The maximum Gasteiger partial charge on any atom is 0.262 e. The molecule has 1 N–H and O–H groups in total. The Morgan fingerprint density at radius 2 is 2.06 bits per heavy atom. The largest absolute Gasteiger partial charge is 0.383 e. The fraction of sp³-hybridized carbons (Fsp3) is 0.455. The van der Waals surface area contributed by atoms with Crippen LogP contribution in [0.25, 0.3) is 10.9 Å². The molecule has 0 radical (unpaired) electrons. The van der Waals surface area contributed by atoms with Gasteiger partial charge in [-0.05, 0) is 31.9 Å². The minimum absolute atomic E-state index is 0.127. The monoisotopic (exact) mass is 441 g/mol. The van der Waals surface area contributed by atoms with Crippen LogP contribution >= 0.6 is 11.8 Å². The second kappa shape index (κ2) is 9.65. The SMILES string of the molecule is COCC(C)n1c(SCC(=O)Nc2ccnn2C2CCCC2)nc2ccccc2c1=O. The van der Waals surface area contributed by atoms with Gasteiger partial charge < -0.3 is 10.1 Å². The van der Waals surface area contributed by atoms with Gasteiger partial charge in [-0.1, -0.05) is 36.7 Å². The summed E-state index contributed by atoms with van der Waals surface area (Å²) in [6.07, 6.45) is 6.28. The van der Waals surface area contributed by atoms with Crippen molar-refractivity contribution in [1.82, 2.24) is 19.3 Å². The van der Waals surface area contributed by atoms with Crippen LogP contribution in [0.15, 0.2) is 46.5 Å². The zero-order chi connectivity index (χ0) is 21.8. The van der Waals surface area contributed by atoms with E-state index in [0.29, 0.717) is 34.5 Å². The van der Waals surface area contributed by atoms with Gasteiger partial charge in [-0.25, -0.2) is 9.67 Å². The van der Waals surface area contributed by atoms with Gasteiger partial charge in [0.2, 0.25) is 5.91 Å². The van der Waals surface area contributed by atoms with Gasteiger partial charge in [0.05, 0.1) is 41.5 Å². The molecule has 4 rings (SSSR count). The van der Waals surface area contributed by atoms with E-state index in [1.54, 1.807) is 23.9 Å². The Hall–Kier alpha value is -2.65. The Labute approximate surface area is 185 Å². The van der Waals surface area contributed by atoms with Crippen LogP contribution in [-0.4, -0.2) is 44.7 Å². The topological polar surface area (TPSA) is 91.0 Å². The molecule has 31 heavy (non-hydrogen) atoms. The van der Waals surface area contributed by atoms with Crippen LogP contribution in [0, 0.1) is 0 Å². The lowest BCUT2D eigenvalue weighted by atomic mass is 10.2. The minimum Gasteiger partial charge on any atom is -0.383 e. The van der Waals surface area contributed by atoms with Crippen LogP contribution in [0.5, 0.6) is 0 Å². The zero-order valence-electron chi connectivity index (χ0n) is 17.8. The molecule has 2 heterocycles. The summed E-state index contributed by atoms with van der Waals surface area (Å²) in [6.45, 7) is 2.28. The van der Waals surface area contributed by atoms with Crippen molar-refractivity contribution in [3.63, 3.8) is 0 Å². The number of thioether (sulfide) groups is 1. The summed E-state index contributed by atoms with van der Waals surface area (Å²) >= 11 is 1.25. The standard InChI is InChI=1S/C22H27N5O3S/c1-15(13-30-2)26-21(29)17-9-5-6-10-18(17)24-22(26)31-14-20(28)25-19-11-12-23-27(19)16-7-3-4-8-16/h5-6,9-12,15-16H,3-4,7-8,13-14H2,1-2H3,(H,25,28). The molecule has 1 fully saturated rings. The molecular formula is C22H27N5O3S. The number of nitrogens with zero attached hydrogens (tertiary/aromatic N) is 4. The van der Waals surface area contributed by atoms with E-state index in [-0.39, 0.29) is 23.3 Å². The van der Waals surface area contributed by atoms with Gasteiger partial charge in [0.15, 0.2) is 5.16 Å². The third kappa shape index (κ3) is 4.67. The molecule has 3 aromatic rings. The number of methoxy groups -OCH3 is 1. The molecule has 0 bridgehead atoms. The van der Waals surface area contributed by atoms with Gasteiger partial charge in [0, 0.05) is 13.2 Å². The number of anilines is 1. The van der Waals surface area contributed by atoms with Crippen LogP contribution in [0.3, 0.4) is 0 Å². The maximum atomic E-state index is 13.1. The fourth-order valence-electron chi connectivity index (χ4n) is 4.09. The van der Waals surface area contributed by atoms with Gasteiger partial charge >= 0.3 is 0 Å². The molecule has 0 saturated heterocycles. The van der Waals surface area contributed by atoms with Gasteiger partial charge in [-0.3, -0.25) is 14.2 Å². The Morgan fingerprint density at radius 3 is 2.84 bits per heavy atom. The third-order valence-electron chi connectivity index (χ3n) is 5.56. The van der Waals surface area contributed by atoms with Crippen molar-refractivity contribution in [2.75, 3.05) is 24.8 Å². The van der Waals surface area contributed by atoms with E-state index in [4.69, 9.17) is 4.74 Å². The summed E-state index contributed by atoms with van der Waals surface area (Å²) in [5, 5.41) is 8.42. The molecular weight excluding hydrogens is 414 g/mol. The van der Waals surface area contributed by atoms with Gasteiger partial charge in [-0.2, -0.15) is 5.10 Å². The summed E-state index contributed by atoms with van der Waals surface area (Å²) in [6, 6.07) is 9.22. The molecule has 0 spiro atoms. The lowest BCUT2D eigenvalue weighted by molar-refractivity contribution is -0.113. The Kier molecular flexibility index (Phi) is 6.72. The molecule has 1 aliphatic carbocycles. The van der Waals surface area contributed by atoms with Crippen molar-refractivity contribution < 1.29 is 9.53 Å². The van der Waals surface area contributed by atoms with Crippen LogP contribution in [0.4, 0.5) is 5.82 Å². The van der Waals surface area contributed by atoms with Crippen molar-refractivity contribution >= 4 is 34.4 Å². The smallest absolute Gasteiger partial charge is 0.262 e. The summed E-state index contributed by atoms with van der Waals surface area (Å²) in [5.74, 6) is 0.701. The van der Waals surface area contributed by atoms with Crippen LogP contribution in [-0.2, 0) is 9.53 Å². The molecule has 1 unspecified atom stereocenters. The lowest BCUT2D eigenvalue weighted by Gasteiger charge is -2.19. The highest BCUT2D eigenvalue weighted by molar-refractivity contribution is 7.99. The molecule has 8 nitrogen and oxygen atoms in total. The highest BCUT2D eigenvalue weighted by atomic mass is 32.2. The highest BCUT2D eigenvalue weighted by Gasteiger charge is 2.21. The van der Waals surface area contributed by atoms with E-state index in [2.05, 4.69) is 15.4 Å². The van der Waals surface area contributed by atoms with Gasteiger partial charge in [0.1, 0.15) is 5.82 Å². The summed E-state index contributed by atoms with van der Waals surface area (Å²) in [5.41, 5.74) is 0.493. The summed E-state index contributed by atoms with van der Waals surface area (Å²) in [7, 11) is 1.60. The third-order valence-corrected chi connectivity index (χ3v) is 6.52.